The minimum atomic E-state index is -0.0409. The van der Waals surface area contributed by atoms with Gasteiger partial charge < -0.3 is 9.64 Å². The predicted molar refractivity (Wildman–Crippen MR) is 75.3 cm³/mol. The zero-order valence-corrected chi connectivity index (χ0v) is 11.8. The third kappa shape index (κ3) is 5.03. The molecular formula is C16H24NO2+. The van der Waals surface area contributed by atoms with Crippen molar-refractivity contribution in [2.45, 2.75) is 32.6 Å². The van der Waals surface area contributed by atoms with Crippen LogP contribution in [0.2, 0.25) is 0 Å². The first-order chi connectivity index (χ1) is 9.24. The summed E-state index contributed by atoms with van der Waals surface area (Å²) in [6.45, 7) is 5.42. The Bertz CT molecular complexity index is 394. The van der Waals surface area contributed by atoms with Gasteiger partial charge in [-0.2, -0.15) is 0 Å². The van der Waals surface area contributed by atoms with Crippen molar-refractivity contribution in [1.82, 2.24) is 0 Å². The molecule has 0 atom stereocenters. The highest BCUT2D eigenvalue weighted by Gasteiger charge is 2.19. The zero-order chi connectivity index (χ0) is 13.5. The van der Waals surface area contributed by atoms with Gasteiger partial charge in [0.25, 0.3) is 0 Å². The molecule has 3 heteroatoms. The highest BCUT2D eigenvalue weighted by Crippen LogP contribution is 2.05. The Hall–Kier alpha value is -1.35. The Kier molecular flexibility index (Phi) is 5.40. The number of ether oxygens (including phenoxy) is 1. The molecule has 2 rings (SSSR count). The Morgan fingerprint density at radius 1 is 1.21 bits per heavy atom. The van der Waals surface area contributed by atoms with E-state index in [4.69, 9.17) is 4.74 Å². The van der Waals surface area contributed by atoms with Crippen LogP contribution in [0.25, 0.3) is 0 Å². The van der Waals surface area contributed by atoms with Crippen molar-refractivity contribution in [3.8, 4) is 0 Å². The van der Waals surface area contributed by atoms with E-state index < -0.39 is 0 Å². The van der Waals surface area contributed by atoms with E-state index >= 15 is 0 Å². The molecule has 1 aliphatic rings. The first-order valence-corrected chi connectivity index (χ1v) is 7.29. The van der Waals surface area contributed by atoms with Gasteiger partial charge in [-0.15, -0.1) is 0 Å². The maximum atomic E-state index is 11.6. The number of hydrogen-bond acceptors (Lipinski definition) is 2. The molecule has 0 spiro atoms. The highest BCUT2D eigenvalue weighted by molar-refractivity contribution is 5.70. The lowest BCUT2D eigenvalue weighted by atomic mass is 10.1. The smallest absolute Gasteiger partial charge is 0.361 e. The van der Waals surface area contributed by atoms with E-state index in [0.29, 0.717) is 13.2 Å². The SMILES string of the molecule is Cc1ccc(CCCOC(=O)C[NH+]2CCCC2)cc1. The number of nitrogens with one attached hydrogen (secondary N) is 1. The van der Waals surface area contributed by atoms with E-state index in [0.717, 1.165) is 25.9 Å². The van der Waals surface area contributed by atoms with Gasteiger partial charge in [-0.25, -0.2) is 4.79 Å². The monoisotopic (exact) mass is 262 g/mol. The van der Waals surface area contributed by atoms with Gasteiger partial charge in [0.1, 0.15) is 0 Å². The zero-order valence-electron chi connectivity index (χ0n) is 11.8. The van der Waals surface area contributed by atoms with Gasteiger partial charge in [0.2, 0.25) is 0 Å². The van der Waals surface area contributed by atoms with E-state index in [-0.39, 0.29) is 5.97 Å². The van der Waals surface area contributed by atoms with Crippen LogP contribution in [0.1, 0.15) is 30.4 Å². The summed E-state index contributed by atoms with van der Waals surface area (Å²) < 4.78 is 5.29. The summed E-state index contributed by atoms with van der Waals surface area (Å²) in [4.78, 5) is 13.0. The van der Waals surface area contributed by atoms with Crippen LogP contribution in [0.3, 0.4) is 0 Å². The standard InChI is InChI=1S/C16H23NO2/c1-14-6-8-15(9-7-14)5-4-12-19-16(18)13-17-10-2-3-11-17/h6-9H,2-5,10-13H2,1H3/p+1. The molecule has 0 saturated carbocycles. The van der Waals surface area contributed by atoms with Crippen molar-refractivity contribution in [2.24, 2.45) is 0 Å². The normalized spacial score (nSPS) is 15.6. The maximum absolute atomic E-state index is 11.6. The number of rotatable bonds is 6. The number of quaternary nitrogens is 1. The number of likely N-dealkylation sites (tertiary alicyclic amines) is 1. The lowest BCUT2D eigenvalue weighted by Crippen LogP contribution is -3.11. The first-order valence-electron chi connectivity index (χ1n) is 7.29. The Morgan fingerprint density at radius 3 is 2.58 bits per heavy atom. The van der Waals surface area contributed by atoms with Crippen LogP contribution >= 0.6 is 0 Å². The molecule has 1 aromatic rings. The summed E-state index contributed by atoms with van der Waals surface area (Å²) in [6, 6.07) is 8.53. The first kappa shape index (κ1) is 14.1. The molecule has 0 aliphatic carbocycles. The van der Waals surface area contributed by atoms with Gasteiger partial charge >= 0.3 is 5.97 Å². The molecule has 0 unspecified atom stereocenters. The average Bonchev–Trinajstić information content (AvgIpc) is 2.89. The van der Waals surface area contributed by atoms with Gasteiger partial charge in [0.15, 0.2) is 6.54 Å². The number of benzene rings is 1. The summed E-state index contributed by atoms with van der Waals surface area (Å²) >= 11 is 0. The lowest BCUT2D eigenvalue weighted by molar-refractivity contribution is -0.879. The van der Waals surface area contributed by atoms with Crippen molar-refractivity contribution in [3.63, 3.8) is 0 Å². The van der Waals surface area contributed by atoms with Crippen LogP contribution in [0.15, 0.2) is 24.3 Å². The topological polar surface area (TPSA) is 30.7 Å². The van der Waals surface area contributed by atoms with Crippen molar-refractivity contribution in [3.05, 3.63) is 35.4 Å². The van der Waals surface area contributed by atoms with Gasteiger partial charge in [0, 0.05) is 12.8 Å². The van der Waals surface area contributed by atoms with Gasteiger partial charge in [0.05, 0.1) is 19.7 Å². The number of hydrogen-bond donors (Lipinski definition) is 1. The van der Waals surface area contributed by atoms with E-state index in [2.05, 4.69) is 31.2 Å². The molecule has 1 aromatic carbocycles. The fraction of sp³-hybridized carbons (Fsp3) is 0.562. The molecule has 1 N–H and O–H groups in total. The second kappa shape index (κ2) is 7.29. The fourth-order valence-corrected chi connectivity index (χ4v) is 2.52. The fourth-order valence-electron chi connectivity index (χ4n) is 2.52. The molecule has 0 bridgehead atoms. The Labute approximate surface area is 115 Å². The molecule has 3 nitrogen and oxygen atoms in total. The van der Waals surface area contributed by atoms with Crippen LogP contribution in [0.5, 0.6) is 0 Å². The van der Waals surface area contributed by atoms with Crippen molar-refractivity contribution in [2.75, 3.05) is 26.2 Å². The van der Waals surface area contributed by atoms with Gasteiger partial charge in [-0.1, -0.05) is 29.8 Å². The van der Waals surface area contributed by atoms with Crippen LogP contribution in [-0.4, -0.2) is 32.2 Å². The minimum Gasteiger partial charge on any atom is -0.462 e. The number of carbonyl (C=O) groups is 1. The lowest BCUT2D eigenvalue weighted by Gasteiger charge is -2.11. The van der Waals surface area contributed by atoms with Crippen LogP contribution < -0.4 is 4.90 Å². The Morgan fingerprint density at radius 2 is 1.89 bits per heavy atom. The third-order valence-electron chi connectivity index (χ3n) is 3.70. The molecule has 1 aliphatic heterocycles. The van der Waals surface area contributed by atoms with Crippen molar-refractivity contribution in [1.29, 1.82) is 0 Å². The molecule has 19 heavy (non-hydrogen) atoms. The predicted octanol–water partition coefficient (Wildman–Crippen LogP) is 1.15. The molecule has 0 amide bonds. The summed E-state index contributed by atoms with van der Waals surface area (Å²) in [5.74, 6) is -0.0409. The van der Waals surface area contributed by atoms with Crippen LogP contribution in [0.4, 0.5) is 0 Å². The number of carbonyl (C=O) groups excluding carboxylic acids is 1. The third-order valence-corrected chi connectivity index (χ3v) is 3.70. The van der Waals surface area contributed by atoms with E-state index in [9.17, 15) is 4.79 Å². The molecule has 104 valence electrons. The van der Waals surface area contributed by atoms with E-state index in [1.807, 2.05) is 0 Å². The molecule has 0 radical (unpaired) electrons. The number of esters is 1. The van der Waals surface area contributed by atoms with E-state index in [1.165, 1.54) is 28.9 Å². The van der Waals surface area contributed by atoms with Crippen LogP contribution in [-0.2, 0) is 16.0 Å². The molecule has 1 saturated heterocycles. The average molecular weight is 262 g/mol. The van der Waals surface area contributed by atoms with Crippen LogP contribution in [0, 0.1) is 6.92 Å². The molecule has 0 aromatic heterocycles. The minimum absolute atomic E-state index is 0.0409. The summed E-state index contributed by atoms with van der Waals surface area (Å²) in [5, 5.41) is 0. The van der Waals surface area contributed by atoms with Gasteiger partial charge in [-0.05, 0) is 25.3 Å². The molecular weight excluding hydrogens is 238 g/mol. The quantitative estimate of drug-likeness (QED) is 0.616. The largest absolute Gasteiger partial charge is 0.462 e. The summed E-state index contributed by atoms with van der Waals surface area (Å²) in [6.07, 6.45) is 4.38. The second-order valence-electron chi connectivity index (χ2n) is 5.44. The highest BCUT2D eigenvalue weighted by atomic mass is 16.5. The van der Waals surface area contributed by atoms with Gasteiger partial charge in [-0.3, -0.25) is 0 Å². The van der Waals surface area contributed by atoms with Crippen molar-refractivity contribution >= 4 is 5.97 Å². The molecule has 1 heterocycles. The number of aryl methyl sites for hydroxylation is 2. The van der Waals surface area contributed by atoms with Crippen molar-refractivity contribution < 1.29 is 14.4 Å². The second-order valence-corrected chi connectivity index (χ2v) is 5.44. The van der Waals surface area contributed by atoms with E-state index in [1.54, 1.807) is 0 Å². The maximum Gasteiger partial charge on any atom is 0.361 e. The molecule has 1 fully saturated rings. The summed E-state index contributed by atoms with van der Waals surface area (Å²) in [5.41, 5.74) is 2.59. The Balaban J connectivity index is 1.58. The summed E-state index contributed by atoms with van der Waals surface area (Å²) in [7, 11) is 0.